The number of guanidine groups is 1. The van der Waals surface area contributed by atoms with Crippen molar-refractivity contribution in [2.45, 2.75) is 65.0 Å². The third-order valence-electron chi connectivity index (χ3n) is 6.06. The van der Waals surface area contributed by atoms with E-state index in [1.807, 2.05) is 0 Å². The van der Waals surface area contributed by atoms with Gasteiger partial charge in [-0.25, -0.2) is 0 Å². The minimum Gasteiger partial charge on any atom is -0.369 e. The van der Waals surface area contributed by atoms with Crippen molar-refractivity contribution in [3.63, 3.8) is 0 Å². The Labute approximate surface area is 180 Å². The van der Waals surface area contributed by atoms with Crippen molar-refractivity contribution in [1.82, 2.24) is 25.4 Å². The lowest BCUT2D eigenvalue weighted by atomic mass is 10.2. The molecule has 1 unspecified atom stereocenters. The maximum Gasteiger partial charge on any atom is 0.191 e. The summed E-state index contributed by atoms with van der Waals surface area (Å²) in [5.74, 6) is 3.14. The second kappa shape index (κ2) is 9.96. The van der Waals surface area contributed by atoms with Crippen molar-refractivity contribution in [3.8, 4) is 0 Å². The molecule has 1 fully saturated rings. The van der Waals surface area contributed by atoms with Crippen molar-refractivity contribution in [2.75, 3.05) is 31.1 Å². The first-order chi connectivity index (χ1) is 14.7. The minimum atomic E-state index is 0.411. The topological polar surface area (TPSA) is 70.4 Å². The average molecular weight is 410 g/mol. The Balaban J connectivity index is 1.32. The lowest BCUT2D eigenvalue weighted by molar-refractivity contribution is 0.603. The van der Waals surface area contributed by atoms with Crippen LogP contribution in [-0.4, -0.2) is 52.9 Å². The smallest absolute Gasteiger partial charge is 0.191 e. The number of fused-ring (bicyclic) bond motifs is 1. The Hall–Kier alpha value is -2.57. The Morgan fingerprint density at radius 1 is 1.13 bits per heavy atom. The zero-order valence-corrected chi connectivity index (χ0v) is 18.4. The van der Waals surface area contributed by atoms with E-state index in [1.165, 1.54) is 30.5 Å². The van der Waals surface area contributed by atoms with Crippen molar-refractivity contribution >= 4 is 11.6 Å². The number of aromatic nitrogens is 3. The van der Waals surface area contributed by atoms with Crippen molar-refractivity contribution in [3.05, 3.63) is 41.5 Å². The van der Waals surface area contributed by atoms with Gasteiger partial charge in [-0.05, 0) is 45.2 Å². The minimum absolute atomic E-state index is 0.411. The predicted octanol–water partition coefficient (Wildman–Crippen LogP) is 2.69. The molecule has 2 aliphatic rings. The van der Waals surface area contributed by atoms with Gasteiger partial charge in [-0.1, -0.05) is 24.1 Å². The van der Waals surface area contributed by atoms with E-state index in [2.05, 4.69) is 68.4 Å². The summed E-state index contributed by atoms with van der Waals surface area (Å²) >= 11 is 0. The Kier molecular flexibility index (Phi) is 6.87. The van der Waals surface area contributed by atoms with Gasteiger partial charge in [0.1, 0.15) is 11.6 Å². The van der Waals surface area contributed by atoms with E-state index in [0.29, 0.717) is 6.04 Å². The fourth-order valence-corrected chi connectivity index (χ4v) is 4.38. The zero-order chi connectivity index (χ0) is 20.8. The van der Waals surface area contributed by atoms with Crippen molar-refractivity contribution in [2.24, 2.45) is 4.99 Å². The summed E-state index contributed by atoms with van der Waals surface area (Å²) in [5, 5.41) is 15.9. The molecule has 1 aromatic heterocycles. The van der Waals surface area contributed by atoms with Crippen LogP contribution in [-0.2, 0) is 19.4 Å². The maximum absolute atomic E-state index is 4.83. The molecule has 7 nitrogen and oxygen atoms in total. The predicted molar refractivity (Wildman–Crippen MR) is 122 cm³/mol. The molecular weight excluding hydrogens is 374 g/mol. The van der Waals surface area contributed by atoms with Gasteiger partial charge in [0.05, 0.1) is 0 Å². The van der Waals surface area contributed by atoms with Gasteiger partial charge in [0.2, 0.25) is 0 Å². The fraction of sp³-hybridized carbons (Fsp3) is 0.609. The molecule has 0 amide bonds. The highest BCUT2D eigenvalue weighted by Crippen LogP contribution is 2.20. The van der Waals surface area contributed by atoms with Crippen LogP contribution in [0.5, 0.6) is 0 Å². The number of anilines is 1. The highest BCUT2D eigenvalue weighted by molar-refractivity contribution is 5.80. The molecule has 0 bridgehead atoms. The summed E-state index contributed by atoms with van der Waals surface area (Å²) in [4.78, 5) is 7.28. The highest BCUT2D eigenvalue weighted by atomic mass is 15.3. The highest BCUT2D eigenvalue weighted by Gasteiger charge is 2.23. The molecule has 0 spiro atoms. The molecule has 162 valence electrons. The van der Waals surface area contributed by atoms with Gasteiger partial charge in [-0.2, -0.15) is 0 Å². The SMILES string of the molecule is CCNC(=NCCc1nnc2n1CCCCC2)NC1CCN(c2ccc(C)cc2)C1. The Bertz CT molecular complexity index is 840. The number of rotatable bonds is 6. The number of aryl methyl sites for hydroxylation is 2. The summed E-state index contributed by atoms with van der Waals surface area (Å²) < 4.78 is 2.32. The number of benzene rings is 1. The summed E-state index contributed by atoms with van der Waals surface area (Å²) in [6.07, 6.45) is 6.76. The zero-order valence-electron chi connectivity index (χ0n) is 18.4. The summed E-state index contributed by atoms with van der Waals surface area (Å²) in [6.45, 7) is 8.97. The normalized spacial score (nSPS) is 19.5. The van der Waals surface area contributed by atoms with Crippen LogP contribution in [0.2, 0.25) is 0 Å². The van der Waals surface area contributed by atoms with E-state index in [1.54, 1.807) is 0 Å². The van der Waals surface area contributed by atoms with E-state index < -0.39 is 0 Å². The lowest BCUT2D eigenvalue weighted by Crippen LogP contribution is -2.44. The Morgan fingerprint density at radius 2 is 2.00 bits per heavy atom. The van der Waals surface area contributed by atoms with Gasteiger partial charge < -0.3 is 20.1 Å². The molecule has 2 aromatic rings. The van der Waals surface area contributed by atoms with E-state index >= 15 is 0 Å². The number of aliphatic imine (C=N–C) groups is 1. The van der Waals surface area contributed by atoms with E-state index in [-0.39, 0.29) is 0 Å². The van der Waals surface area contributed by atoms with E-state index in [4.69, 9.17) is 4.99 Å². The number of nitrogens with zero attached hydrogens (tertiary/aromatic N) is 5. The molecule has 2 N–H and O–H groups in total. The molecule has 30 heavy (non-hydrogen) atoms. The van der Waals surface area contributed by atoms with Crippen LogP contribution in [0.4, 0.5) is 5.69 Å². The fourth-order valence-electron chi connectivity index (χ4n) is 4.38. The van der Waals surface area contributed by atoms with Crippen LogP contribution < -0.4 is 15.5 Å². The average Bonchev–Trinajstić information content (AvgIpc) is 3.29. The molecule has 0 saturated carbocycles. The van der Waals surface area contributed by atoms with Gasteiger partial charge in [0, 0.05) is 57.3 Å². The first-order valence-electron chi connectivity index (χ1n) is 11.5. The first-order valence-corrected chi connectivity index (χ1v) is 11.5. The standard InChI is InChI=1S/C23H35N7/c1-3-24-23(25-14-12-22-28-27-21-7-5-4-6-15-30(21)22)26-19-13-16-29(17-19)20-10-8-18(2)9-11-20/h8-11,19H,3-7,12-17H2,1-2H3,(H2,24,25,26). The molecule has 4 rings (SSSR count). The second-order valence-electron chi connectivity index (χ2n) is 8.42. The molecule has 1 aromatic carbocycles. The van der Waals surface area contributed by atoms with E-state index in [9.17, 15) is 0 Å². The van der Waals surface area contributed by atoms with Crippen molar-refractivity contribution in [1.29, 1.82) is 0 Å². The van der Waals surface area contributed by atoms with Crippen LogP contribution in [0.3, 0.4) is 0 Å². The van der Waals surface area contributed by atoms with Gasteiger partial charge >= 0.3 is 0 Å². The third-order valence-corrected chi connectivity index (χ3v) is 6.06. The van der Waals surface area contributed by atoms with Crippen LogP contribution in [0.15, 0.2) is 29.3 Å². The second-order valence-corrected chi connectivity index (χ2v) is 8.42. The summed E-state index contributed by atoms with van der Waals surface area (Å²) in [7, 11) is 0. The largest absolute Gasteiger partial charge is 0.369 e. The summed E-state index contributed by atoms with van der Waals surface area (Å²) in [5.41, 5.74) is 2.61. The van der Waals surface area contributed by atoms with Gasteiger partial charge in [-0.15, -0.1) is 10.2 Å². The Morgan fingerprint density at radius 3 is 2.83 bits per heavy atom. The molecule has 0 radical (unpaired) electrons. The maximum atomic E-state index is 4.83. The van der Waals surface area contributed by atoms with Gasteiger partial charge in [0.25, 0.3) is 0 Å². The molecule has 3 heterocycles. The number of nitrogens with one attached hydrogen (secondary N) is 2. The summed E-state index contributed by atoms with van der Waals surface area (Å²) in [6, 6.07) is 9.23. The van der Waals surface area contributed by atoms with Crippen LogP contribution in [0.1, 0.15) is 49.8 Å². The number of hydrogen-bond donors (Lipinski definition) is 2. The molecule has 2 aliphatic heterocycles. The van der Waals surface area contributed by atoms with Crippen LogP contribution >= 0.6 is 0 Å². The van der Waals surface area contributed by atoms with Gasteiger partial charge in [-0.3, -0.25) is 4.99 Å². The number of hydrogen-bond acceptors (Lipinski definition) is 4. The molecular formula is C23H35N7. The monoisotopic (exact) mass is 409 g/mol. The quantitative estimate of drug-likeness (QED) is 0.567. The molecule has 1 atom stereocenters. The lowest BCUT2D eigenvalue weighted by Gasteiger charge is -2.20. The molecule has 0 aliphatic carbocycles. The van der Waals surface area contributed by atoms with Crippen LogP contribution in [0.25, 0.3) is 0 Å². The first kappa shape index (κ1) is 20.7. The van der Waals surface area contributed by atoms with Gasteiger partial charge in [0.15, 0.2) is 5.96 Å². The molecule has 1 saturated heterocycles. The van der Waals surface area contributed by atoms with Crippen molar-refractivity contribution < 1.29 is 0 Å². The van der Waals surface area contributed by atoms with Crippen LogP contribution in [0, 0.1) is 6.92 Å². The molecule has 7 heteroatoms. The third kappa shape index (κ3) is 5.12. The van der Waals surface area contributed by atoms with E-state index in [0.717, 1.165) is 69.6 Å².